The molecule has 1 amide bonds. The van der Waals surface area contributed by atoms with Crippen LogP contribution in [0, 0.1) is 6.92 Å². The van der Waals surface area contributed by atoms with Gasteiger partial charge >= 0.3 is 11.9 Å². The van der Waals surface area contributed by atoms with Crippen molar-refractivity contribution >= 4 is 23.5 Å². The highest BCUT2D eigenvalue weighted by Gasteiger charge is 2.19. The molecule has 0 fully saturated rings. The van der Waals surface area contributed by atoms with Gasteiger partial charge in [0.1, 0.15) is 17.1 Å². The van der Waals surface area contributed by atoms with E-state index in [0.717, 1.165) is 17.7 Å². The van der Waals surface area contributed by atoms with Crippen molar-refractivity contribution < 1.29 is 34.1 Å². The maximum Gasteiger partial charge on any atom is 0.336 e. The topological polar surface area (TPSA) is 135 Å². The van der Waals surface area contributed by atoms with Crippen molar-refractivity contribution in [3.05, 3.63) is 107 Å². The average Bonchev–Trinajstić information content (AvgIpc) is 2.86. The molecule has 36 heavy (non-hydrogen) atoms. The molecule has 4 aromatic rings. The van der Waals surface area contributed by atoms with Crippen LogP contribution in [0.2, 0.25) is 0 Å². The van der Waals surface area contributed by atoms with Crippen LogP contribution in [-0.4, -0.2) is 33.0 Å². The molecule has 0 radical (unpaired) electrons. The lowest BCUT2D eigenvalue weighted by Gasteiger charge is -2.14. The Balaban J connectivity index is 1.58. The molecule has 3 aromatic carbocycles. The number of para-hydroxylation sites is 2. The van der Waals surface area contributed by atoms with Gasteiger partial charge in [0.25, 0.3) is 5.91 Å². The molecule has 180 valence electrons. The standard InChI is InChI=1S/C27H20N2O7/c1-16-8-10-17(11-9-16)36-25-20(5-4-14-28-25)24(30)29-22-6-2-3-7-23(22)35-18-12-13-19(26(31)32)21(15-18)27(33)34/h2-15H,1H3,(H,29,30)(H,31,32)(H,33,34). The molecule has 0 aliphatic rings. The Morgan fingerprint density at radius 2 is 1.44 bits per heavy atom. The molecule has 9 nitrogen and oxygen atoms in total. The first kappa shape index (κ1) is 24.0. The van der Waals surface area contributed by atoms with E-state index in [1.807, 2.05) is 19.1 Å². The second-order valence-corrected chi connectivity index (χ2v) is 7.64. The summed E-state index contributed by atoms with van der Waals surface area (Å²) in [4.78, 5) is 40.1. The molecule has 0 bridgehead atoms. The van der Waals surface area contributed by atoms with Gasteiger partial charge in [-0.2, -0.15) is 0 Å². The summed E-state index contributed by atoms with van der Waals surface area (Å²) in [5.41, 5.74) is 0.758. The van der Waals surface area contributed by atoms with Crippen molar-refractivity contribution in [2.75, 3.05) is 5.32 Å². The van der Waals surface area contributed by atoms with Gasteiger partial charge in [-0.25, -0.2) is 14.6 Å². The third-order valence-corrected chi connectivity index (χ3v) is 5.07. The summed E-state index contributed by atoms with van der Waals surface area (Å²) >= 11 is 0. The number of carboxylic acid groups (broad SMARTS) is 2. The highest BCUT2D eigenvalue weighted by molar-refractivity contribution is 6.06. The third kappa shape index (κ3) is 5.48. The summed E-state index contributed by atoms with van der Waals surface area (Å²) in [5.74, 6) is -2.33. The van der Waals surface area contributed by atoms with Gasteiger partial charge in [-0.1, -0.05) is 29.8 Å². The van der Waals surface area contributed by atoms with Gasteiger partial charge in [-0.3, -0.25) is 4.79 Å². The number of hydrogen-bond acceptors (Lipinski definition) is 6. The summed E-state index contributed by atoms with van der Waals surface area (Å²) in [5, 5.41) is 21.3. The van der Waals surface area contributed by atoms with Crippen molar-refractivity contribution in [1.29, 1.82) is 0 Å². The molecule has 0 saturated heterocycles. The lowest BCUT2D eigenvalue weighted by atomic mass is 10.1. The number of hydrogen-bond donors (Lipinski definition) is 3. The summed E-state index contributed by atoms with van der Waals surface area (Å²) in [6, 6.07) is 20.6. The van der Waals surface area contributed by atoms with Crippen LogP contribution in [0.15, 0.2) is 85.1 Å². The minimum atomic E-state index is -1.41. The number of nitrogens with zero attached hydrogens (tertiary/aromatic N) is 1. The van der Waals surface area contributed by atoms with Crippen LogP contribution < -0.4 is 14.8 Å². The van der Waals surface area contributed by atoms with Gasteiger partial charge in [0.05, 0.1) is 16.8 Å². The summed E-state index contributed by atoms with van der Waals surface area (Å²) in [7, 11) is 0. The summed E-state index contributed by atoms with van der Waals surface area (Å²) < 4.78 is 11.6. The third-order valence-electron chi connectivity index (χ3n) is 5.07. The first-order valence-electron chi connectivity index (χ1n) is 10.7. The van der Waals surface area contributed by atoms with E-state index < -0.39 is 23.4 Å². The number of rotatable bonds is 8. The minimum Gasteiger partial charge on any atom is -0.478 e. The Bertz CT molecular complexity index is 1450. The zero-order valence-corrected chi connectivity index (χ0v) is 19.0. The molecule has 1 heterocycles. The number of aromatic carboxylic acids is 2. The smallest absolute Gasteiger partial charge is 0.336 e. The fourth-order valence-corrected chi connectivity index (χ4v) is 3.29. The lowest BCUT2D eigenvalue weighted by Crippen LogP contribution is -2.14. The molecule has 0 saturated carbocycles. The number of nitrogens with one attached hydrogen (secondary N) is 1. The molecule has 0 unspecified atom stereocenters. The second kappa shape index (κ2) is 10.4. The van der Waals surface area contributed by atoms with Crippen molar-refractivity contribution in [3.8, 4) is 23.1 Å². The molecule has 0 aliphatic carbocycles. The minimum absolute atomic E-state index is 0.0869. The molecule has 0 aliphatic heterocycles. The first-order chi connectivity index (χ1) is 17.3. The molecule has 0 atom stereocenters. The fourth-order valence-electron chi connectivity index (χ4n) is 3.29. The Kier molecular flexibility index (Phi) is 6.92. The SMILES string of the molecule is Cc1ccc(Oc2ncccc2C(=O)Nc2ccccc2Oc2ccc(C(=O)O)c(C(=O)O)c2)cc1. The van der Waals surface area contributed by atoms with E-state index in [-0.39, 0.29) is 28.5 Å². The van der Waals surface area contributed by atoms with Crippen LogP contribution in [0.3, 0.4) is 0 Å². The molecule has 9 heteroatoms. The number of amides is 1. The molecule has 3 N–H and O–H groups in total. The first-order valence-corrected chi connectivity index (χ1v) is 10.7. The number of carbonyl (C=O) groups excluding carboxylic acids is 1. The highest BCUT2D eigenvalue weighted by atomic mass is 16.5. The molecule has 1 aromatic heterocycles. The monoisotopic (exact) mass is 484 g/mol. The largest absolute Gasteiger partial charge is 0.478 e. The van der Waals surface area contributed by atoms with Crippen molar-refractivity contribution in [1.82, 2.24) is 4.98 Å². The summed E-state index contributed by atoms with van der Waals surface area (Å²) in [6.07, 6.45) is 1.51. The highest BCUT2D eigenvalue weighted by Crippen LogP contribution is 2.32. The van der Waals surface area contributed by atoms with E-state index in [9.17, 15) is 24.6 Å². The Morgan fingerprint density at radius 1 is 0.750 bits per heavy atom. The van der Waals surface area contributed by atoms with E-state index in [1.165, 1.54) is 12.3 Å². The number of anilines is 1. The van der Waals surface area contributed by atoms with Crippen LogP contribution in [0.4, 0.5) is 5.69 Å². The van der Waals surface area contributed by atoms with E-state index >= 15 is 0 Å². The van der Waals surface area contributed by atoms with Crippen LogP contribution in [-0.2, 0) is 0 Å². The number of carboxylic acids is 2. The van der Waals surface area contributed by atoms with Gasteiger partial charge in [0.15, 0.2) is 5.75 Å². The van der Waals surface area contributed by atoms with E-state index in [4.69, 9.17) is 9.47 Å². The normalized spacial score (nSPS) is 10.4. The van der Waals surface area contributed by atoms with Crippen molar-refractivity contribution in [2.24, 2.45) is 0 Å². The van der Waals surface area contributed by atoms with E-state index in [1.54, 1.807) is 48.5 Å². The van der Waals surface area contributed by atoms with E-state index in [2.05, 4.69) is 10.3 Å². The number of ether oxygens (including phenoxy) is 2. The van der Waals surface area contributed by atoms with Crippen LogP contribution >= 0.6 is 0 Å². The number of aromatic nitrogens is 1. The van der Waals surface area contributed by atoms with Crippen LogP contribution in [0.1, 0.15) is 36.6 Å². The zero-order chi connectivity index (χ0) is 25.7. The fraction of sp³-hybridized carbons (Fsp3) is 0.0370. The van der Waals surface area contributed by atoms with Crippen LogP contribution in [0.25, 0.3) is 0 Å². The van der Waals surface area contributed by atoms with Gasteiger partial charge in [0.2, 0.25) is 5.88 Å². The number of benzene rings is 3. The molecular formula is C27H20N2O7. The van der Waals surface area contributed by atoms with Gasteiger partial charge in [0, 0.05) is 6.20 Å². The quantitative estimate of drug-likeness (QED) is 0.293. The number of aryl methyl sites for hydroxylation is 1. The van der Waals surface area contributed by atoms with Gasteiger partial charge in [-0.15, -0.1) is 0 Å². The second-order valence-electron chi connectivity index (χ2n) is 7.64. The predicted octanol–water partition coefficient (Wildman–Crippen LogP) is 5.62. The Labute approximate surface area is 205 Å². The molecule has 0 spiro atoms. The summed E-state index contributed by atoms with van der Waals surface area (Å²) in [6.45, 7) is 1.95. The Morgan fingerprint density at radius 3 is 2.17 bits per heavy atom. The number of pyridine rings is 1. The van der Waals surface area contributed by atoms with E-state index in [0.29, 0.717) is 11.4 Å². The Hall–Kier alpha value is -5.18. The van der Waals surface area contributed by atoms with Crippen molar-refractivity contribution in [3.63, 3.8) is 0 Å². The maximum absolute atomic E-state index is 13.1. The number of carbonyl (C=O) groups is 3. The zero-order valence-electron chi connectivity index (χ0n) is 19.0. The average molecular weight is 484 g/mol. The van der Waals surface area contributed by atoms with Gasteiger partial charge in [-0.05, 0) is 61.5 Å². The van der Waals surface area contributed by atoms with Crippen molar-refractivity contribution in [2.45, 2.75) is 6.92 Å². The van der Waals surface area contributed by atoms with Crippen LogP contribution in [0.5, 0.6) is 23.1 Å². The van der Waals surface area contributed by atoms with Gasteiger partial charge < -0.3 is 25.0 Å². The molecular weight excluding hydrogens is 464 g/mol. The lowest BCUT2D eigenvalue weighted by molar-refractivity contribution is 0.0651. The molecule has 4 rings (SSSR count). The predicted molar refractivity (Wildman–Crippen MR) is 130 cm³/mol. The maximum atomic E-state index is 13.1.